The highest BCUT2D eigenvalue weighted by Gasteiger charge is 2.26. The zero-order valence-electron chi connectivity index (χ0n) is 18.0. The topological polar surface area (TPSA) is 114 Å². The average molecular weight is 432 g/mol. The number of aromatic nitrogens is 4. The van der Waals surface area contributed by atoms with Crippen molar-refractivity contribution in [1.82, 2.24) is 20.2 Å². The minimum absolute atomic E-state index is 0.119. The maximum Gasteiger partial charge on any atom is 0.224 e. The van der Waals surface area contributed by atoms with Crippen LogP contribution in [0.4, 0.5) is 17.5 Å². The fourth-order valence-electron chi connectivity index (χ4n) is 4.30. The molecule has 0 fully saturated rings. The molecule has 1 aliphatic rings. The van der Waals surface area contributed by atoms with Crippen LogP contribution in [0.1, 0.15) is 11.1 Å². The largest absolute Gasteiger partial charge is 0.497 e. The number of para-hydroxylation sites is 1. The van der Waals surface area contributed by atoms with Crippen molar-refractivity contribution in [3.8, 4) is 11.5 Å². The van der Waals surface area contributed by atoms with Crippen molar-refractivity contribution in [1.29, 1.82) is 0 Å². The summed E-state index contributed by atoms with van der Waals surface area (Å²) >= 11 is 0. The number of anilines is 3. The van der Waals surface area contributed by atoms with Gasteiger partial charge in [-0.1, -0.05) is 18.2 Å². The summed E-state index contributed by atoms with van der Waals surface area (Å²) in [5, 5.41) is 11.3. The molecule has 9 heteroatoms. The van der Waals surface area contributed by atoms with Gasteiger partial charge in [-0.25, -0.2) is 0 Å². The predicted octanol–water partition coefficient (Wildman–Crippen LogP) is 3.00. The minimum atomic E-state index is 0.119. The van der Waals surface area contributed by atoms with Crippen molar-refractivity contribution in [2.75, 3.05) is 36.7 Å². The molecule has 0 aliphatic carbocycles. The molecule has 1 unspecified atom stereocenters. The van der Waals surface area contributed by atoms with Crippen LogP contribution in [0.2, 0.25) is 0 Å². The second-order valence-corrected chi connectivity index (χ2v) is 7.80. The number of H-pyrrole nitrogens is 1. The predicted molar refractivity (Wildman–Crippen MR) is 124 cm³/mol. The molecule has 32 heavy (non-hydrogen) atoms. The van der Waals surface area contributed by atoms with E-state index in [0.717, 1.165) is 35.4 Å². The van der Waals surface area contributed by atoms with Gasteiger partial charge in [0, 0.05) is 30.4 Å². The normalized spacial score (nSPS) is 15.4. The second kappa shape index (κ2) is 8.26. The molecular weight excluding hydrogens is 406 g/mol. The number of methoxy groups -OCH3 is 2. The fourth-order valence-corrected chi connectivity index (χ4v) is 4.30. The van der Waals surface area contributed by atoms with Crippen LogP contribution in [0, 0.1) is 0 Å². The Hall–Kier alpha value is -4.01. The highest BCUT2D eigenvalue weighted by atomic mass is 16.5. The number of fused-ring (bicyclic) bond motifs is 2. The third-order valence-electron chi connectivity index (χ3n) is 5.76. The molecule has 4 N–H and O–H groups in total. The Morgan fingerprint density at radius 1 is 1.16 bits per heavy atom. The highest BCUT2D eigenvalue weighted by Crippen LogP contribution is 2.33. The molecule has 1 atom stereocenters. The van der Waals surface area contributed by atoms with E-state index in [1.165, 1.54) is 11.3 Å². The van der Waals surface area contributed by atoms with Crippen LogP contribution in [0.15, 0.2) is 48.7 Å². The van der Waals surface area contributed by atoms with E-state index in [1.54, 1.807) is 20.4 Å². The lowest BCUT2D eigenvalue weighted by Gasteiger charge is -2.37. The molecule has 3 heterocycles. The number of hydrogen-bond acceptors (Lipinski definition) is 8. The Bertz CT molecular complexity index is 1260. The number of nitrogens with zero attached hydrogens (tertiary/aromatic N) is 4. The molecule has 4 aromatic rings. The van der Waals surface area contributed by atoms with Gasteiger partial charge in [0.05, 0.1) is 25.8 Å². The van der Waals surface area contributed by atoms with Gasteiger partial charge in [-0.15, -0.1) is 0 Å². The van der Waals surface area contributed by atoms with Gasteiger partial charge in [-0.3, -0.25) is 5.10 Å². The van der Waals surface area contributed by atoms with E-state index < -0.39 is 0 Å². The Kier molecular flexibility index (Phi) is 5.14. The molecule has 164 valence electrons. The number of aromatic amines is 1. The molecular formula is C23H25N7O2. The lowest BCUT2D eigenvalue weighted by atomic mass is 9.97. The van der Waals surface area contributed by atoms with Gasteiger partial charge in [-0.2, -0.15) is 15.1 Å². The number of nitrogen functional groups attached to an aromatic ring is 1. The first-order valence-electron chi connectivity index (χ1n) is 10.4. The summed E-state index contributed by atoms with van der Waals surface area (Å²) in [5.74, 6) is 2.53. The highest BCUT2D eigenvalue weighted by molar-refractivity contribution is 5.87. The molecule has 0 saturated carbocycles. The zero-order chi connectivity index (χ0) is 22.1. The van der Waals surface area contributed by atoms with E-state index in [1.807, 2.05) is 18.2 Å². The summed E-state index contributed by atoms with van der Waals surface area (Å²) in [5.41, 5.74) is 10.1. The van der Waals surface area contributed by atoms with Gasteiger partial charge in [-0.05, 0) is 36.2 Å². The van der Waals surface area contributed by atoms with E-state index in [4.69, 9.17) is 15.2 Å². The molecule has 0 radical (unpaired) electrons. The number of rotatable bonds is 6. The monoisotopic (exact) mass is 431 g/mol. The summed E-state index contributed by atoms with van der Waals surface area (Å²) < 4.78 is 11.0. The summed E-state index contributed by atoms with van der Waals surface area (Å²) in [7, 11) is 3.36. The standard InChI is InChI=1S/C23H25N7O2/c1-31-17-7-8-20(32-2)15(10-17)12-30-13-16(9-14-5-3-4-6-19(14)30)26-21-18-11-25-29-22(18)28-23(24)27-21/h3-8,10-11,16H,9,12-13H2,1-2H3,(H4,24,25,26,27,28,29). The van der Waals surface area contributed by atoms with E-state index in [-0.39, 0.29) is 12.0 Å². The lowest BCUT2D eigenvalue weighted by Crippen LogP contribution is -2.42. The number of hydrogen-bond donors (Lipinski definition) is 3. The number of nitrogens with one attached hydrogen (secondary N) is 2. The molecule has 0 bridgehead atoms. The minimum Gasteiger partial charge on any atom is -0.497 e. The molecule has 0 saturated heterocycles. The number of nitrogens with two attached hydrogens (primary N) is 1. The third kappa shape index (κ3) is 3.73. The lowest BCUT2D eigenvalue weighted by molar-refractivity contribution is 0.398. The number of ether oxygens (including phenoxy) is 2. The summed E-state index contributed by atoms with van der Waals surface area (Å²) in [6.07, 6.45) is 2.58. The summed E-state index contributed by atoms with van der Waals surface area (Å²) in [6.45, 7) is 1.46. The summed E-state index contributed by atoms with van der Waals surface area (Å²) in [6, 6.07) is 14.5. The van der Waals surface area contributed by atoms with Crippen LogP contribution in [-0.2, 0) is 13.0 Å². The van der Waals surface area contributed by atoms with Crippen LogP contribution in [0.5, 0.6) is 11.5 Å². The summed E-state index contributed by atoms with van der Waals surface area (Å²) in [4.78, 5) is 11.0. The van der Waals surface area contributed by atoms with E-state index >= 15 is 0 Å². The molecule has 1 aliphatic heterocycles. The van der Waals surface area contributed by atoms with Crippen molar-refractivity contribution in [2.45, 2.75) is 19.0 Å². The van der Waals surface area contributed by atoms with Crippen molar-refractivity contribution in [2.24, 2.45) is 0 Å². The van der Waals surface area contributed by atoms with Crippen LogP contribution in [-0.4, -0.2) is 47.0 Å². The van der Waals surface area contributed by atoms with Crippen molar-refractivity contribution >= 4 is 28.5 Å². The van der Waals surface area contributed by atoms with Gasteiger partial charge in [0.25, 0.3) is 0 Å². The second-order valence-electron chi connectivity index (χ2n) is 7.80. The first-order valence-corrected chi connectivity index (χ1v) is 10.4. The van der Waals surface area contributed by atoms with Crippen LogP contribution >= 0.6 is 0 Å². The quantitative estimate of drug-likeness (QED) is 0.427. The maximum atomic E-state index is 5.91. The molecule has 9 nitrogen and oxygen atoms in total. The van der Waals surface area contributed by atoms with Crippen LogP contribution < -0.4 is 25.4 Å². The Morgan fingerprint density at radius 3 is 2.88 bits per heavy atom. The third-order valence-corrected chi connectivity index (χ3v) is 5.76. The van der Waals surface area contributed by atoms with Gasteiger partial charge < -0.3 is 25.4 Å². The zero-order valence-corrected chi connectivity index (χ0v) is 18.0. The fraction of sp³-hybridized carbons (Fsp3) is 0.261. The van der Waals surface area contributed by atoms with E-state index in [0.29, 0.717) is 18.0 Å². The van der Waals surface area contributed by atoms with Gasteiger partial charge in [0.2, 0.25) is 5.95 Å². The Morgan fingerprint density at radius 2 is 2.03 bits per heavy atom. The average Bonchev–Trinajstić information content (AvgIpc) is 3.27. The van der Waals surface area contributed by atoms with Gasteiger partial charge in [0.15, 0.2) is 5.65 Å². The molecule has 2 aromatic carbocycles. The molecule has 5 rings (SSSR count). The first-order chi connectivity index (χ1) is 15.6. The SMILES string of the molecule is COc1ccc(OC)c(CN2CC(Nc3nc(N)nc4[nH]ncc34)Cc3ccccc32)c1. The molecule has 2 aromatic heterocycles. The van der Waals surface area contributed by atoms with Crippen molar-refractivity contribution in [3.05, 3.63) is 59.8 Å². The molecule has 0 spiro atoms. The van der Waals surface area contributed by atoms with Crippen molar-refractivity contribution < 1.29 is 9.47 Å². The van der Waals surface area contributed by atoms with Crippen LogP contribution in [0.25, 0.3) is 11.0 Å². The van der Waals surface area contributed by atoms with E-state index in [9.17, 15) is 0 Å². The smallest absolute Gasteiger partial charge is 0.224 e. The maximum absolute atomic E-state index is 5.91. The van der Waals surface area contributed by atoms with Gasteiger partial charge >= 0.3 is 0 Å². The van der Waals surface area contributed by atoms with Gasteiger partial charge in [0.1, 0.15) is 17.3 Å². The van der Waals surface area contributed by atoms with Crippen LogP contribution in [0.3, 0.4) is 0 Å². The molecule has 0 amide bonds. The number of benzene rings is 2. The Balaban J connectivity index is 1.46. The van der Waals surface area contributed by atoms with Crippen molar-refractivity contribution in [3.63, 3.8) is 0 Å². The van der Waals surface area contributed by atoms with E-state index in [2.05, 4.69) is 54.6 Å². The Labute approximate surface area is 185 Å². The first kappa shape index (κ1) is 19.9.